The minimum absolute atomic E-state index is 0.199. The average molecular weight is 329 g/mol. The highest BCUT2D eigenvalue weighted by atomic mass is 16.5. The van der Waals surface area contributed by atoms with Crippen LogP contribution < -0.4 is 20.1 Å². The van der Waals surface area contributed by atoms with Crippen LogP contribution in [0.4, 0.5) is 5.82 Å². The third kappa shape index (κ3) is 2.62. The van der Waals surface area contributed by atoms with E-state index in [-0.39, 0.29) is 5.69 Å². The summed E-state index contributed by atoms with van der Waals surface area (Å²) in [6.07, 6.45) is 0.773. The molecule has 0 atom stereocenters. The predicted octanol–water partition coefficient (Wildman–Crippen LogP) is 2.33. The Hall–Kier alpha value is -2.50. The molecule has 24 heavy (non-hydrogen) atoms. The van der Waals surface area contributed by atoms with Gasteiger partial charge >= 0.3 is 5.69 Å². The monoisotopic (exact) mass is 329 g/mol. The highest BCUT2D eigenvalue weighted by Crippen LogP contribution is 2.38. The van der Waals surface area contributed by atoms with Gasteiger partial charge in [-0.2, -0.15) is 4.98 Å². The number of hydrogen-bond donors (Lipinski definition) is 0. The van der Waals surface area contributed by atoms with Crippen molar-refractivity contribution < 1.29 is 9.47 Å². The Bertz CT molecular complexity index is 810. The molecule has 6 heteroatoms. The SMILES string of the molecule is CCN(CC)c1cc2n(c(=O)n1)CCc1cc(OC)c(OC)cc1-2. The summed E-state index contributed by atoms with van der Waals surface area (Å²) in [5.41, 5.74) is 2.85. The molecule has 128 valence electrons. The molecule has 1 aromatic carbocycles. The molecule has 1 aromatic heterocycles. The molecule has 6 nitrogen and oxygen atoms in total. The van der Waals surface area contributed by atoms with Gasteiger partial charge in [0.05, 0.1) is 19.9 Å². The molecule has 2 heterocycles. The lowest BCUT2D eigenvalue weighted by molar-refractivity contribution is 0.354. The number of aryl methyl sites for hydroxylation is 1. The Labute approximate surface area is 141 Å². The van der Waals surface area contributed by atoms with E-state index >= 15 is 0 Å². The molecule has 1 aliphatic heterocycles. The van der Waals surface area contributed by atoms with Crippen LogP contribution in [0.1, 0.15) is 19.4 Å². The number of ether oxygens (including phenoxy) is 2. The van der Waals surface area contributed by atoms with Gasteiger partial charge in [0.1, 0.15) is 5.82 Å². The molecule has 3 rings (SSSR count). The summed E-state index contributed by atoms with van der Waals surface area (Å²) >= 11 is 0. The number of rotatable bonds is 5. The summed E-state index contributed by atoms with van der Waals surface area (Å²) < 4.78 is 12.6. The fourth-order valence-corrected chi connectivity index (χ4v) is 3.24. The van der Waals surface area contributed by atoms with Crippen molar-refractivity contribution in [1.29, 1.82) is 0 Å². The maximum Gasteiger partial charge on any atom is 0.350 e. The molecule has 0 unspecified atom stereocenters. The van der Waals surface area contributed by atoms with Crippen LogP contribution >= 0.6 is 0 Å². The van der Waals surface area contributed by atoms with Gasteiger partial charge in [0, 0.05) is 31.3 Å². The van der Waals surface area contributed by atoms with Crippen molar-refractivity contribution in [3.8, 4) is 22.8 Å². The molecule has 2 aromatic rings. The third-order valence-electron chi connectivity index (χ3n) is 4.58. The fourth-order valence-electron chi connectivity index (χ4n) is 3.24. The molecule has 0 fully saturated rings. The molecule has 0 aliphatic carbocycles. The smallest absolute Gasteiger partial charge is 0.350 e. The summed E-state index contributed by atoms with van der Waals surface area (Å²) in [7, 11) is 3.25. The minimum Gasteiger partial charge on any atom is -0.493 e. The normalized spacial score (nSPS) is 12.3. The minimum atomic E-state index is -0.199. The number of benzene rings is 1. The van der Waals surface area contributed by atoms with Crippen LogP contribution in [0.25, 0.3) is 11.3 Å². The van der Waals surface area contributed by atoms with Gasteiger partial charge in [-0.25, -0.2) is 4.79 Å². The summed E-state index contributed by atoms with van der Waals surface area (Å²) in [6, 6.07) is 5.95. The van der Waals surface area contributed by atoms with Crippen LogP contribution in [-0.4, -0.2) is 36.9 Å². The van der Waals surface area contributed by atoms with E-state index in [2.05, 4.69) is 23.7 Å². The van der Waals surface area contributed by atoms with E-state index in [0.717, 1.165) is 42.1 Å². The first-order valence-corrected chi connectivity index (χ1v) is 8.25. The number of nitrogens with zero attached hydrogens (tertiary/aromatic N) is 3. The lowest BCUT2D eigenvalue weighted by atomic mass is 9.97. The van der Waals surface area contributed by atoms with Crippen LogP contribution in [0.2, 0.25) is 0 Å². The highest BCUT2D eigenvalue weighted by Gasteiger charge is 2.22. The van der Waals surface area contributed by atoms with E-state index < -0.39 is 0 Å². The molecule has 0 spiro atoms. The average Bonchev–Trinajstić information content (AvgIpc) is 2.61. The standard InChI is InChI=1S/C18H23N3O3/c1-5-20(6-2)17-11-14-13-10-16(24-4)15(23-3)9-12(13)7-8-21(14)18(22)19-17/h9-11H,5-8H2,1-4H3. The van der Waals surface area contributed by atoms with E-state index in [1.54, 1.807) is 18.8 Å². The summed E-state index contributed by atoms with van der Waals surface area (Å²) in [5.74, 6) is 2.10. The van der Waals surface area contributed by atoms with Crippen LogP contribution in [0, 0.1) is 0 Å². The number of hydrogen-bond acceptors (Lipinski definition) is 5. The highest BCUT2D eigenvalue weighted by molar-refractivity contribution is 5.72. The molecular weight excluding hydrogens is 306 g/mol. The largest absolute Gasteiger partial charge is 0.493 e. The number of aromatic nitrogens is 2. The number of methoxy groups -OCH3 is 2. The predicted molar refractivity (Wildman–Crippen MR) is 94.3 cm³/mol. The van der Waals surface area contributed by atoms with Crippen molar-refractivity contribution in [2.24, 2.45) is 0 Å². The van der Waals surface area contributed by atoms with E-state index in [4.69, 9.17) is 9.47 Å². The van der Waals surface area contributed by atoms with E-state index in [1.165, 1.54) is 0 Å². The number of fused-ring (bicyclic) bond motifs is 3. The summed E-state index contributed by atoms with van der Waals surface area (Å²) in [4.78, 5) is 18.8. The Morgan fingerprint density at radius 3 is 2.42 bits per heavy atom. The maximum atomic E-state index is 12.5. The van der Waals surface area contributed by atoms with E-state index in [0.29, 0.717) is 18.0 Å². The first-order valence-electron chi connectivity index (χ1n) is 8.25. The van der Waals surface area contributed by atoms with Crippen molar-refractivity contribution in [2.45, 2.75) is 26.8 Å². The fraction of sp³-hybridized carbons (Fsp3) is 0.444. The Morgan fingerprint density at radius 1 is 1.12 bits per heavy atom. The van der Waals surface area contributed by atoms with Crippen LogP contribution in [-0.2, 0) is 13.0 Å². The van der Waals surface area contributed by atoms with Crippen LogP contribution in [0.3, 0.4) is 0 Å². The molecule has 1 aliphatic rings. The van der Waals surface area contributed by atoms with Crippen molar-refractivity contribution in [3.63, 3.8) is 0 Å². The Morgan fingerprint density at radius 2 is 1.79 bits per heavy atom. The van der Waals surface area contributed by atoms with Gasteiger partial charge in [0.15, 0.2) is 11.5 Å². The van der Waals surface area contributed by atoms with Gasteiger partial charge in [-0.1, -0.05) is 0 Å². The number of anilines is 1. The lowest BCUT2D eigenvalue weighted by Crippen LogP contribution is -2.32. The molecule has 0 N–H and O–H groups in total. The van der Waals surface area contributed by atoms with Crippen molar-refractivity contribution in [3.05, 3.63) is 34.2 Å². The van der Waals surface area contributed by atoms with Crippen molar-refractivity contribution >= 4 is 5.82 Å². The third-order valence-corrected chi connectivity index (χ3v) is 4.58. The van der Waals surface area contributed by atoms with E-state index in [9.17, 15) is 4.79 Å². The van der Waals surface area contributed by atoms with Crippen LogP contribution in [0.5, 0.6) is 11.5 Å². The summed E-state index contributed by atoms with van der Waals surface area (Å²) in [5, 5.41) is 0. The quantitative estimate of drug-likeness (QED) is 0.843. The van der Waals surface area contributed by atoms with E-state index in [1.807, 2.05) is 18.2 Å². The Balaban J connectivity index is 2.21. The molecule has 0 amide bonds. The molecule has 0 saturated carbocycles. The van der Waals surface area contributed by atoms with Gasteiger partial charge in [-0.05, 0) is 38.0 Å². The molecular formula is C18H23N3O3. The maximum absolute atomic E-state index is 12.5. The van der Waals surface area contributed by atoms with Gasteiger partial charge in [-0.15, -0.1) is 0 Å². The van der Waals surface area contributed by atoms with Gasteiger partial charge in [0.2, 0.25) is 0 Å². The second-order valence-corrected chi connectivity index (χ2v) is 5.72. The first-order chi connectivity index (χ1) is 11.6. The lowest BCUT2D eigenvalue weighted by Gasteiger charge is -2.26. The topological polar surface area (TPSA) is 56.6 Å². The first kappa shape index (κ1) is 16.4. The molecule has 0 bridgehead atoms. The Kier molecular flexibility index (Phi) is 4.46. The zero-order chi connectivity index (χ0) is 17.3. The van der Waals surface area contributed by atoms with Gasteiger partial charge in [0.25, 0.3) is 0 Å². The van der Waals surface area contributed by atoms with Crippen molar-refractivity contribution in [1.82, 2.24) is 9.55 Å². The van der Waals surface area contributed by atoms with Crippen molar-refractivity contribution in [2.75, 3.05) is 32.2 Å². The summed E-state index contributed by atoms with van der Waals surface area (Å²) in [6.45, 7) is 6.37. The second kappa shape index (κ2) is 6.55. The second-order valence-electron chi connectivity index (χ2n) is 5.72. The van der Waals surface area contributed by atoms with Gasteiger partial charge < -0.3 is 14.4 Å². The zero-order valence-corrected chi connectivity index (χ0v) is 14.6. The van der Waals surface area contributed by atoms with Crippen LogP contribution in [0.15, 0.2) is 23.0 Å². The van der Waals surface area contributed by atoms with Gasteiger partial charge in [-0.3, -0.25) is 4.57 Å². The molecule has 0 radical (unpaired) electrons. The zero-order valence-electron chi connectivity index (χ0n) is 14.6. The molecule has 0 saturated heterocycles.